The predicted molar refractivity (Wildman–Crippen MR) is 145 cm³/mol. The van der Waals surface area contributed by atoms with Gasteiger partial charge in [0.25, 0.3) is 0 Å². The van der Waals surface area contributed by atoms with Gasteiger partial charge in [-0.25, -0.2) is 18.7 Å². The average molecular weight is 554 g/mol. The summed E-state index contributed by atoms with van der Waals surface area (Å²) in [5, 5.41) is 20.2. The number of halogens is 2. The van der Waals surface area contributed by atoms with Gasteiger partial charge in [-0.05, 0) is 47.9 Å². The number of aromatic nitrogens is 6. The number of ether oxygens (including phenoxy) is 1. The molecule has 39 heavy (non-hydrogen) atoms. The van der Waals surface area contributed by atoms with Crippen molar-refractivity contribution in [1.82, 2.24) is 35.1 Å². The Morgan fingerprint density at radius 3 is 2.62 bits per heavy atom. The molecule has 204 valence electrons. The molecule has 1 saturated heterocycles. The Bertz CT molecular complexity index is 1380. The van der Waals surface area contributed by atoms with Crippen LogP contribution >= 0.6 is 11.3 Å². The van der Waals surface area contributed by atoms with Crippen LogP contribution in [0.4, 0.5) is 25.5 Å². The average Bonchev–Trinajstić information content (AvgIpc) is 3.61. The molecule has 4 aromatic rings. The molecule has 0 amide bonds. The van der Waals surface area contributed by atoms with Crippen LogP contribution < -0.4 is 10.6 Å². The molecule has 3 aromatic heterocycles. The van der Waals surface area contributed by atoms with Crippen molar-refractivity contribution < 1.29 is 13.5 Å². The zero-order chi connectivity index (χ0) is 26.7. The molecular weight excluding hydrogens is 524 g/mol. The van der Waals surface area contributed by atoms with Crippen LogP contribution in [0.5, 0.6) is 0 Å². The molecule has 0 atom stereocenters. The fourth-order valence-electron chi connectivity index (χ4n) is 4.76. The SMILES string of the molecule is FC1(F)CCC(Nc2cc(CN3CCOCC3)cc(Nc3ncc(-c4nnn(-c5ccccc5)n4)s3)n2)CC1. The number of nitrogens with zero attached hydrogens (tertiary/aromatic N) is 7. The second-order valence-electron chi connectivity index (χ2n) is 9.80. The standard InChI is InChI=1S/C26H29F2N9OS/c27-26(28)8-6-19(7-9-26)30-22-14-18(17-36-10-12-38-13-11-36)15-23(31-22)32-25-29-16-21(39-25)24-33-35-37(34-24)20-4-2-1-3-5-20/h1-5,14-16,19H,6-13,17H2,(H2,29,30,31,32). The summed E-state index contributed by atoms with van der Waals surface area (Å²) >= 11 is 1.40. The second kappa shape index (κ2) is 11.3. The van der Waals surface area contributed by atoms with E-state index in [9.17, 15) is 8.78 Å². The largest absolute Gasteiger partial charge is 0.379 e. The highest BCUT2D eigenvalue weighted by Crippen LogP contribution is 2.35. The van der Waals surface area contributed by atoms with Crippen molar-refractivity contribution in [2.24, 2.45) is 0 Å². The molecule has 10 nitrogen and oxygen atoms in total. The molecule has 4 heterocycles. The van der Waals surface area contributed by atoms with E-state index in [0.29, 0.717) is 48.6 Å². The number of hydrogen-bond donors (Lipinski definition) is 2. The van der Waals surface area contributed by atoms with Crippen LogP contribution in [0.15, 0.2) is 48.7 Å². The monoisotopic (exact) mass is 553 g/mol. The summed E-state index contributed by atoms with van der Waals surface area (Å²) in [6, 6.07) is 13.6. The van der Waals surface area contributed by atoms with Crippen molar-refractivity contribution in [3.05, 3.63) is 54.2 Å². The third kappa shape index (κ3) is 6.54. The van der Waals surface area contributed by atoms with Gasteiger partial charge >= 0.3 is 0 Å². The molecule has 13 heteroatoms. The molecule has 1 aromatic carbocycles. The number of rotatable bonds is 8. The molecule has 1 aliphatic carbocycles. The molecule has 1 saturated carbocycles. The van der Waals surface area contributed by atoms with E-state index in [1.165, 1.54) is 16.1 Å². The minimum absolute atomic E-state index is 0.0339. The number of morpholine rings is 1. The second-order valence-corrected chi connectivity index (χ2v) is 10.8. The Kier molecular flexibility index (Phi) is 7.44. The van der Waals surface area contributed by atoms with E-state index in [4.69, 9.17) is 9.72 Å². The molecule has 0 unspecified atom stereocenters. The van der Waals surface area contributed by atoms with E-state index in [0.717, 1.165) is 35.8 Å². The summed E-state index contributed by atoms with van der Waals surface area (Å²) in [6.07, 6.45) is 2.33. The van der Waals surface area contributed by atoms with Crippen molar-refractivity contribution in [3.8, 4) is 16.4 Å². The van der Waals surface area contributed by atoms with Crippen LogP contribution in [0.1, 0.15) is 31.2 Å². The summed E-state index contributed by atoms with van der Waals surface area (Å²) in [4.78, 5) is 13.8. The topological polar surface area (TPSA) is 106 Å². The van der Waals surface area contributed by atoms with Crippen molar-refractivity contribution in [2.45, 2.75) is 44.2 Å². The summed E-state index contributed by atoms with van der Waals surface area (Å²) in [6.45, 7) is 3.88. The minimum atomic E-state index is -2.57. The number of thiazole rings is 1. The molecule has 2 N–H and O–H groups in total. The molecule has 1 aliphatic heterocycles. The van der Waals surface area contributed by atoms with Gasteiger partial charge in [-0.1, -0.05) is 29.5 Å². The van der Waals surface area contributed by atoms with Crippen LogP contribution in [-0.4, -0.2) is 73.3 Å². The lowest BCUT2D eigenvalue weighted by Crippen LogP contribution is -2.35. The van der Waals surface area contributed by atoms with Gasteiger partial charge in [0.1, 0.15) is 11.6 Å². The van der Waals surface area contributed by atoms with Crippen LogP contribution in [0.25, 0.3) is 16.4 Å². The molecule has 0 spiro atoms. The molecular formula is C26H29F2N9OS. The highest BCUT2D eigenvalue weighted by atomic mass is 32.1. The number of anilines is 3. The van der Waals surface area contributed by atoms with Gasteiger partial charge in [0.15, 0.2) is 5.13 Å². The lowest BCUT2D eigenvalue weighted by atomic mass is 9.92. The summed E-state index contributed by atoms with van der Waals surface area (Å²) in [5.41, 5.74) is 1.89. The van der Waals surface area contributed by atoms with E-state index in [-0.39, 0.29) is 18.9 Å². The van der Waals surface area contributed by atoms with E-state index in [2.05, 4.69) is 35.9 Å². The maximum absolute atomic E-state index is 13.7. The quantitative estimate of drug-likeness (QED) is 0.320. The summed E-state index contributed by atoms with van der Waals surface area (Å²) in [7, 11) is 0. The van der Waals surface area contributed by atoms with Gasteiger partial charge < -0.3 is 15.4 Å². The number of para-hydroxylation sites is 1. The summed E-state index contributed by atoms with van der Waals surface area (Å²) < 4.78 is 32.8. The number of pyridine rings is 1. The van der Waals surface area contributed by atoms with Crippen LogP contribution in [0.2, 0.25) is 0 Å². The Hall–Kier alpha value is -3.55. The number of tetrazole rings is 1. The number of benzene rings is 1. The first-order valence-electron chi connectivity index (χ1n) is 13.0. The Labute approximate surface area is 228 Å². The first kappa shape index (κ1) is 25.7. The zero-order valence-corrected chi connectivity index (χ0v) is 22.1. The third-order valence-corrected chi connectivity index (χ3v) is 7.73. The smallest absolute Gasteiger partial charge is 0.248 e. The lowest BCUT2D eigenvalue weighted by molar-refractivity contribution is -0.0361. The van der Waals surface area contributed by atoms with Crippen LogP contribution in [0.3, 0.4) is 0 Å². The van der Waals surface area contributed by atoms with Gasteiger partial charge in [0, 0.05) is 38.5 Å². The third-order valence-electron chi connectivity index (χ3n) is 6.83. The molecule has 2 aliphatic rings. The fraction of sp³-hybridized carbons (Fsp3) is 0.423. The highest BCUT2D eigenvalue weighted by Gasteiger charge is 2.35. The molecule has 0 bridgehead atoms. The van der Waals surface area contributed by atoms with Gasteiger partial charge in [0.2, 0.25) is 11.7 Å². The molecule has 6 rings (SSSR count). The highest BCUT2D eigenvalue weighted by molar-refractivity contribution is 7.18. The molecule has 2 fully saturated rings. The molecule has 0 radical (unpaired) electrons. The van der Waals surface area contributed by atoms with Crippen LogP contribution in [-0.2, 0) is 11.3 Å². The first-order chi connectivity index (χ1) is 19.0. The fourth-order valence-corrected chi connectivity index (χ4v) is 5.50. The van der Waals surface area contributed by atoms with Gasteiger partial charge in [-0.2, -0.15) is 0 Å². The summed E-state index contributed by atoms with van der Waals surface area (Å²) in [5.74, 6) is -0.788. The van der Waals surface area contributed by atoms with Gasteiger partial charge in [-0.15, -0.1) is 15.0 Å². The maximum Gasteiger partial charge on any atom is 0.248 e. The number of alkyl halides is 2. The maximum atomic E-state index is 13.7. The zero-order valence-electron chi connectivity index (χ0n) is 21.3. The Morgan fingerprint density at radius 1 is 1.05 bits per heavy atom. The van der Waals surface area contributed by atoms with Crippen molar-refractivity contribution in [2.75, 3.05) is 36.9 Å². The van der Waals surface area contributed by atoms with E-state index < -0.39 is 5.92 Å². The van der Waals surface area contributed by atoms with Gasteiger partial charge in [-0.3, -0.25) is 4.90 Å². The Balaban J connectivity index is 1.19. The van der Waals surface area contributed by atoms with E-state index >= 15 is 0 Å². The number of nitrogens with one attached hydrogen (secondary N) is 2. The van der Waals surface area contributed by atoms with E-state index in [1.54, 1.807) is 6.20 Å². The van der Waals surface area contributed by atoms with Crippen molar-refractivity contribution in [3.63, 3.8) is 0 Å². The normalized spacial score (nSPS) is 18.2. The van der Waals surface area contributed by atoms with E-state index in [1.807, 2.05) is 42.5 Å². The van der Waals surface area contributed by atoms with Crippen molar-refractivity contribution >= 4 is 28.1 Å². The van der Waals surface area contributed by atoms with Crippen LogP contribution in [0, 0.1) is 0 Å². The Morgan fingerprint density at radius 2 is 1.82 bits per heavy atom. The van der Waals surface area contributed by atoms with Gasteiger partial charge in [0.05, 0.1) is 30.0 Å². The minimum Gasteiger partial charge on any atom is -0.379 e. The first-order valence-corrected chi connectivity index (χ1v) is 13.8. The van der Waals surface area contributed by atoms with Crippen molar-refractivity contribution in [1.29, 1.82) is 0 Å². The lowest BCUT2D eigenvalue weighted by Gasteiger charge is -2.30. The predicted octanol–water partition coefficient (Wildman–Crippen LogP) is 4.75. The number of hydrogen-bond acceptors (Lipinski definition) is 10.